The van der Waals surface area contributed by atoms with E-state index in [1.165, 1.54) is 0 Å². The van der Waals surface area contributed by atoms with Gasteiger partial charge >= 0.3 is 0 Å². The quantitative estimate of drug-likeness (QED) is 0.921. The molecule has 1 aromatic heterocycles. The molecule has 0 saturated carbocycles. The Bertz CT molecular complexity index is 640. The molecule has 1 aromatic carbocycles. The third-order valence-electron chi connectivity index (χ3n) is 3.82. The second kappa shape index (κ2) is 6.75. The molecular formula is C17H18N2O2S. The maximum atomic E-state index is 12.2. The van der Waals surface area contributed by atoms with Crippen molar-refractivity contribution >= 4 is 23.2 Å². The fourth-order valence-corrected chi connectivity index (χ4v) is 3.28. The molecule has 1 saturated heterocycles. The van der Waals surface area contributed by atoms with E-state index in [1.54, 1.807) is 16.2 Å². The summed E-state index contributed by atoms with van der Waals surface area (Å²) in [4.78, 5) is 27.2. The Morgan fingerprint density at radius 2 is 2.05 bits per heavy atom. The van der Waals surface area contributed by atoms with Gasteiger partial charge in [-0.3, -0.25) is 9.59 Å². The molecule has 1 atom stereocenters. The standard InChI is InChI=1S/C17H18N2O2S/c20-16-9-14(17(21)18-10-15-7-4-8-22-15)12-19(16)11-13-5-2-1-3-6-13/h1-8,14H,9-12H2,(H,18,21)/t14-/m0/s1. The fourth-order valence-electron chi connectivity index (χ4n) is 2.64. The van der Waals surface area contributed by atoms with Crippen molar-refractivity contribution in [2.24, 2.45) is 5.92 Å². The lowest BCUT2D eigenvalue weighted by atomic mass is 10.1. The SMILES string of the molecule is O=C(NCc1cccs1)[C@H]1CC(=O)N(Cc2ccccc2)C1. The van der Waals surface area contributed by atoms with E-state index in [4.69, 9.17) is 0 Å². The van der Waals surface area contributed by atoms with Gasteiger partial charge in [-0.2, -0.15) is 0 Å². The van der Waals surface area contributed by atoms with Crippen molar-refractivity contribution in [2.75, 3.05) is 6.54 Å². The van der Waals surface area contributed by atoms with Gasteiger partial charge in [0.2, 0.25) is 11.8 Å². The van der Waals surface area contributed by atoms with Crippen molar-refractivity contribution in [1.82, 2.24) is 10.2 Å². The van der Waals surface area contributed by atoms with Crippen LogP contribution in [0.4, 0.5) is 0 Å². The number of nitrogens with one attached hydrogen (secondary N) is 1. The number of nitrogens with zero attached hydrogens (tertiary/aromatic N) is 1. The summed E-state index contributed by atoms with van der Waals surface area (Å²) >= 11 is 1.62. The highest BCUT2D eigenvalue weighted by molar-refractivity contribution is 7.09. The van der Waals surface area contributed by atoms with Crippen LogP contribution in [0.2, 0.25) is 0 Å². The zero-order chi connectivity index (χ0) is 15.4. The first-order chi connectivity index (χ1) is 10.7. The maximum Gasteiger partial charge on any atom is 0.225 e. The Kier molecular flexibility index (Phi) is 4.53. The molecular weight excluding hydrogens is 296 g/mol. The Balaban J connectivity index is 1.53. The van der Waals surface area contributed by atoms with Gasteiger partial charge in [-0.15, -0.1) is 11.3 Å². The lowest BCUT2D eigenvalue weighted by molar-refractivity contribution is -0.129. The van der Waals surface area contributed by atoms with Gasteiger partial charge in [0, 0.05) is 24.4 Å². The summed E-state index contributed by atoms with van der Waals surface area (Å²) in [5, 5.41) is 4.91. The van der Waals surface area contributed by atoms with E-state index in [0.29, 0.717) is 26.1 Å². The van der Waals surface area contributed by atoms with E-state index >= 15 is 0 Å². The zero-order valence-corrected chi connectivity index (χ0v) is 13.0. The van der Waals surface area contributed by atoms with Gasteiger partial charge in [-0.1, -0.05) is 36.4 Å². The van der Waals surface area contributed by atoms with Crippen LogP contribution in [0.1, 0.15) is 16.9 Å². The zero-order valence-electron chi connectivity index (χ0n) is 12.2. The van der Waals surface area contributed by atoms with Gasteiger partial charge in [0.1, 0.15) is 0 Å². The lowest BCUT2D eigenvalue weighted by Crippen LogP contribution is -2.32. The highest BCUT2D eigenvalue weighted by Gasteiger charge is 2.34. The molecule has 3 rings (SSSR count). The Morgan fingerprint density at radius 3 is 2.77 bits per heavy atom. The molecule has 0 unspecified atom stereocenters. The molecule has 22 heavy (non-hydrogen) atoms. The van der Waals surface area contributed by atoms with E-state index in [1.807, 2.05) is 47.8 Å². The van der Waals surface area contributed by atoms with Gasteiger partial charge < -0.3 is 10.2 Å². The van der Waals surface area contributed by atoms with E-state index in [-0.39, 0.29) is 17.7 Å². The number of benzene rings is 1. The number of amides is 2. The summed E-state index contributed by atoms with van der Waals surface area (Å²) in [5.74, 6) is -0.214. The molecule has 1 aliphatic rings. The van der Waals surface area contributed by atoms with Crippen LogP contribution < -0.4 is 5.32 Å². The summed E-state index contributed by atoms with van der Waals surface area (Å²) < 4.78 is 0. The average molecular weight is 314 g/mol. The third kappa shape index (κ3) is 3.54. The second-order valence-corrected chi connectivity index (χ2v) is 6.49. The molecule has 0 aliphatic carbocycles. The number of hydrogen-bond donors (Lipinski definition) is 1. The van der Waals surface area contributed by atoms with Gasteiger partial charge in [0.15, 0.2) is 0 Å². The number of likely N-dealkylation sites (tertiary alicyclic amines) is 1. The molecule has 114 valence electrons. The van der Waals surface area contributed by atoms with Gasteiger partial charge in [-0.25, -0.2) is 0 Å². The number of hydrogen-bond acceptors (Lipinski definition) is 3. The molecule has 0 radical (unpaired) electrons. The minimum Gasteiger partial charge on any atom is -0.351 e. The first kappa shape index (κ1) is 14.8. The van der Waals surface area contributed by atoms with Crippen molar-refractivity contribution in [3.8, 4) is 0 Å². The van der Waals surface area contributed by atoms with E-state index in [0.717, 1.165) is 10.4 Å². The molecule has 1 N–H and O–H groups in total. The normalized spacial score (nSPS) is 17.7. The molecule has 4 nitrogen and oxygen atoms in total. The largest absolute Gasteiger partial charge is 0.351 e. The third-order valence-corrected chi connectivity index (χ3v) is 4.69. The van der Waals surface area contributed by atoms with Gasteiger partial charge in [0.25, 0.3) is 0 Å². The van der Waals surface area contributed by atoms with E-state index in [2.05, 4.69) is 5.32 Å². The minimum absolute atomic E-state index is 0.0303. The van der Waals surface area contributed by atoms with Crippen molar-refractivity contribution in [1.29, 1.82) is 0 Å². The van der Waals surface area contributed by atoms with E-state index < -0.39 is 0 Å². The van der Waals surface area contributed by atoms with Crippen molar-refractivity contribution < 1.29 is 9.59 Å². The molecule has 0 spiro atoms. The summed E-state index contributed by atoms with van der Waals surface area (Å²) in [7, 11) is 0. The second-order valence-electron chi connectivity index (χ2n) is 5.46. The summed E-state index contributed by atoms with van der Waals surface area (Å²) in [6, 6.07) is 13.8. The van der Waals surface area contributed by atoms with Crippen LogP contribution >= 0.6 is 11.3 Å². The molecule has 0 bridgehead atoms. The topological polar surface area (TPSA) is 49.4 Å². The Morgan fingerprint density at radius 1 is 1.23 bits per heavy atom. The van der Waals surface area contributed by atoms with Crippen LogP contribution in [-0.2, 0) is 22.7 Å². The molecule has 1 aliphatic heterocycles. The first-order valence-corrected chi connectivity index (χ1v) is 8.22. The van der Waals surface area contributed by atoms with Crippen molar-refractivity contribution in [2.45, 2.75) is 19.5 Å². The summed E-state index contributed by atoms with van der Waals surface area (Å²) in [6.45, 7) is 1.62. The predicted octanol–water partition coefficient (Wildman–Crippen LogP) is 2.41. The van der Waals surface area contributed by atoms with Crippen LogP contribution in [0.15, 0.2) is 47.8 Å². The molecule has 1 fully saturated rings. The number of thiophene rings is 1. The van der Waals surface area contributed by atoms with E-state index in [9.17, 15) is 9.59 Å². The summed E-state index contributed by atoms with van der Waals surface area (Å²) in [6.07, 6.45) is 0.309. The Labute approximate surface area is 133 Å². The number of carbonyl (C=O) groups excluding carboxylic acids is 2. The van der Waals surface area contributed by atoms with Gasteiger partial charge in [0.05, 0.1) is 12.5 Å². The average Bonchev–Trinajstić information content (AvgIpc) is 3.16. The smallest absolute Gasteiger partial charge is 0.225 e. The maximum absolute atomic E-state index is 12.2. The highest BCUT2D eigenvalue weighted by atomic mass is 32.1. The lowest BCUT2D eigenvalue weighted by Gasteiger charge is -2.16. The van der Waals surface area contributed by atoms with Crippen LogP contribution in [0, 0.1) is 5.92 Å². The monoisotopic (exact) mass is 314 g/mol. The first-order valence-electron chi connectivity index (χ1n) is 7.34. The van der Waals surface area contributed by atoms with Crippen LogP contribution in [0.25, 0.3) is 0 Å². The molecule has 2 amide bonds. The number of rotatable bonds is 5. The predicted molar refractivity (Wildman–Crippen MR) is 86.1 cm³/mol. The van der Waals surface area contributed by atoms with Crippen molar-refractivity contribution in [3.05, 3.63) is 58.3 Å². The molecule has 2 heterocycles. The van der Waals surface area contributed by atoms with Crippen molar-refractivity contribution in [3.63, 3.8) is 0 Å². The molecule has 2 aromatic rings. The molecule has 5 heteroatoms. The fraction of sp³-hybridized carbons (Fsp3) is 0.294. The minimum atomic E-state index is -0.240. The number of carbonyl (C=O) groups is 2. The van der Waals surface area contributed by atoms with Gasteiger partial charge in [-0.05, 0) is 17.0 Å². The highest BCUT2D eigenvalue weighted by Crippen LogP contribution is 2.20. The summed E-state index contributed by atoms with van der Waals surface area (Å²) in [5.41, 5.74) is 1.09. The van der Waals surface area contributed by atoms with Crippen LogP contribution in [0.5, 0.6) is 0 Å². The Hall–Kier alpha value is -2.14. The van der Waals surface area contributed by atoms with Crippen LogP contribution in [0.3, 0.4) is 0 Å². The van der Waals surface area contributed by atoms with Crippen LogP contribution in [-0.4, -0.2) is 23.3 Å².